The van der Waals surface area contributed by atoms with Gasteiger partial charge in [0.2, 0.25) is 5.91 Å². The molecule has 0 bridgehead atoms. The van der Waals surface area contributed by atoms with Crippen LogP contribution in [0.4, 0.5) is 5.82 Å². The van der Waals surface area contributed by atoms with Crippen molar-refractivity contribution >= 4 is 11.7 Å². The molecule has 0 radical (unpaired) electrons. The van der Waals surface area contributed by atoms with E-state index >= 15 is 0 Å². The summed E-state index contributed by atoms with van der Waals surface area (Å²) < 4.78 is 0. The van der Waals surface area contributed by atoms with Gasteiger partial charge in [-0.1, -0.05) is 37.6 Å². The van der Waals surface area contributed by atoms with Crippen LogP contribution in [0.1, 0.15) is 31.4 Å². The van der Waals surface area contributed by atoms with E-state index in [9.17, 15) is 4.79 Å². The Morgan fingerprint density at radius 2 is 1.77 bits per heavy atom. The van der Waals surface area contributed by atoms with E-state index in [4.69, 9.17) is 0 Å². The molecule has 138 valence electrons. The normalized spacial score (nSPS) is 14.8. The van der Waals surface area contributed by atoms with Crippen molar-refractivity contribution in [1.82, 2.24) is 15.1 Å². The fraction of sp³-hybridized carbons (Fsp3) is 0.476. The number of piperazine rings is 1. The number of carbonyl (C=O) groups excluding carboxylic acids is 1. The zero-order valence-electron chi connectivity index (χ0n) is 16.2. The van der Waals surface area contributed by atoms with Crippen LogP contribution in [0.5, 0.6) is 0 Å². The van der Waals surface area contributed by atoms with Gasteiger partial charge < -0.3 is 9.80 Å². The maximum absolute atomic E-state index is 12.2. The molecular weight excluding hydrogens is 324 g/mol. The molecule has 5 heteroatoms. The Morgan fingerprint density at radius 1 is 1.04 bits per heavy atom. The lowest BCUT2D eigenvalue weighted by molar-refractivity contribution is -0.132. The minimum absolute atomic E-state index is 0.260. The SMILES string of the molecule is Cc1ccc(-c2ccc(N3CCN(C(=O)CC(C)C)CC3)nn2)c(C)c1. The molecule has 1 aliphatic heterocycles. The molecule has 1 fully saturated rings. The summed E-state index contributed by atoms with van der Waals surface area (Å²) in [4.78, 5) is 16.4. The Morgan fingerprint density at radius 3 is 2.35 bits per heavy atom. The van der Waals surface area contributed by atoms with Gasteiger partial charge in [0.25, 0.3) is 0 Å². The molecule has 2 aromatic rings. The van der Waals surface area contributed by atoms with Gasteiger partial charge in [0.05, 0.1) is 5.69 Å². The van der Waals surface area contributed by atoms with Crippen LogP contribution in [0.2, 0.25) is 0 Å². The van der Waals surface area contributed by atoms with Crippen molar-refractivity contribution in [2.75, 3.05) is 31.1 Å². The lowest BCUT2D eigenvalue weighted by atomic mass is 10.0. The van der Waals surface area contributed by atoms with Gasteiger partial charge in [0, 0.05) is 38.2 Å². The molecule has 0 atom stereocenters. The van der Waals surface area contributed by atoms with Crippen LogP contribution in [-0.2, 0) is 4.79 Å². The van der Waals surface area contributed by atoms with E-state index < -0.39 is 0 Å². The molecule has 0 unspecified atom stereocenters. The smallest absolute Gasteiger partial charge is 0.222 e. The summed E-state index contributed by atoms with van der Waals surface area (Å²) in [7, 11) is 0. The fourth-order valence-electron chi connectivity index (χ4n) is 3.40. The molecule has 1 aliphatic rings. The highest BCUT2D eigenvalue weighted by Gasteiger charge is 2.22. The quantitative estimate of drug-likeness (QED) is 0.846. The predicted octanol–water partition coefficient (Wildman–Crippen LogP) is 3.46. The van der Waals surface area contributed by atoms with Crippen molar-refractivity contribution in [3.8, 4) is 11.3 Å². The Kier molecular flexibility index (Phi) is 5.55. The van der Waals surface area contributed by atoms with Gasteiger partial charge >= 0.3 is 0 Å². The zero-order chi connectivity index (χ0) is 18.7. The number of amides is 1. The predicted molar refractivity (Wildman–Crippen MR) is 105 cm³/mol. The lowest BCUT2D eigenvalue weighted by Crippen LogP contribution is -2.49. The molecule has 0 aliphatic carbocycles. The summed E-state index contributed by atoms with van der Waals surface area (Å²) in [6, 6.07) is 10.4. The maximum Gasteiger partial charge on any atom is 0.222 e. The van der Waals surface area contributed by atoms with Gasteiger partial charge in [-0.25, -0.2) is 0 Å². The molecule has 0 N–H and O–H groups in total. The average Bonchev–Trinajstić information content (AvgIpc) is 2.61. The summed E-state index contributed by atoms with van der Waals surface area (Å²) in [6.07, 6.45) is 0.629. The summed E-state index contributed by atoms with van der Waals surface area (Å²) in [5.41, 5.74) is 4.49. The third-order valence-electron chi connectivity index (χ3n) is 4.85. The average molecular weight is 352 g/mol. The number of carbonyl (C=O) groups is 1. The molecule has 1 saturated heterocycles. The molecule has 0 spiro atoms. The molecule has 1 amide bonds. The Hall–Kier alpha value is -2.43. The molecule has 3 rings (SSSR count). The topological polar surface area (TPSA) is 49.3 Å². The van der Waals surface area contributed by atoms with Gasteiger partial charge in [-0.15, -0.1) is 10.2 Å². The maximum atomic E-state index is 12.2. The highest BCUT2D eigenvalue weighted by Crippen LogP contribution is 2.23. The highest BCUT2D eigenvalue weighted by atomic mass is 16.2. The number of aromatic nitrogens is 2. The van der Waals surface area contributed by atoms with Crippen molar-refractivity contribution in [2.24, 2.45) is 5.92 Å². The van der Waals surface area contributed by atoms with Crippen molar-refractivity contribution in [2.45, 2.75) is 34.1 Å². The second-order valence-electron chi connectivity index (χ2n) is 7.56. The summed E-state index contributed by atoms with van der Waals surface area (Å²) in [5.74, 6) is 1.55. The molecule has 26 heavy (non-hydrogen) atoms. The first-order valence-corrected chi connectivity index (χ1v) is 9.38. The minimum Gasteiger partial charge on any atom is -0.352 e. The van der Waals surface area contributed by atoms with Crippen molar-refractivity contribution < 1.29 is 4.79 Å². The van der Waals surface area contributed by atoms with Gasteiger partial charge in [0.1, 0.15) is 0 Å². The van der Waals surface area contributed by atoms with E-state index in [1.54, 1.807) is 0 Å². The Balaban J connectivity index is 1.64. The number of anilines is 1. The van der Waals surface area contributed by atoms with Crippen molar-refractivity contribution in [3.63, 3.8) is 0 Å². The first-order chi connectivity index (χ1) is 12.4. The second kappa shape index (κ2) is 7.85. The molecular formula is C21H28N4O. The first kappa shape index (κ1) is 18.4. The zero-order valence-corrected chi connectivity index (χ0v) is 16.2. The second-order valence-corrected chi connectivity index (χ2v) is 7.56. The fourth-order valence-corrected chi connectivity index (χ4v) is 3.40. The molecule has 2 heterocycles. The summed E-state index contributed by atoms with van der Waals surface area (Å²) in [5, 5.41) is 8.87. The van der Waals surface area contributed by atoms with E-state index in [0.29, 0.717) is 12.3 Å². The lowest BCUT2D eigenvalue weighted by Gasteiger charge is -2.35. The Labute approximate surface area is 156 Å². The Bertz CT molecular complexity index is 762. The summed E-state index contributed by atoms with van der Waals surface area (Å²) >= 11 is 0. The van der Waals surface area contributed by atoms with E-state index in [1.807, 2.05) is 17.0 Å². The molecule has 1 aromatic carbocycles. The van der Waals surface area contributed by atoms with E-state index in [2.05, 4.69) is 61.0 Å². The van der Waals surface area contributed by atoms with Crippen LogP contribution in [0.15, 0.2) is 30.3 Å². The molecule has 0 saturated carbocycles. The van der Waals surface area contributed by atoms with Crippen LogP contribution >= 0.6 is 0 Å². The van der Waals surface area contributed by atoms with E-state index in [-0.39, 0.29) is 5.91 Å². The van der Waals surface area contributed by atoms with Crippen molar-refractivity contribution in [1.29, 1.82) is 0 Å². The van der Waals surface area contributed by atoms with Crippen LogP contribution in [0, 0.1) is 19.8 Å². The number of hydrogen-bond acceptors (Lipinski definition) is 4. The first-order valence-electron chi connectivity index (χ1n) is 9.38. The van der Waals surface area contributed by atoms with Crippen LogP contribution in [0.3, 0.4) is 0 Å². The van der Waals surface area contributed by atoms with Gasteiger partial charge in [-0.3, -0.25) is 4.79 Å². The van der Waals surface area contributed by atoms with E-state index in [0.717, 1.165) is 43.3 Å². The van der Waals surface area contributed by atoms with Crippen molar-refractivity contribution in [3.05, 3.63) is 41.5 Å². The minimum atomic E-state index is 0.260. The molecule has 5 nitrogen and oxygen atoms in total. The van der Waals surface area contributed by atoms with Gasteiger partial charge in [-0.05, 0) is 37.5 Å². The number of rotatable bonds is 4. The number of benzene rings is 1. The number of aryl methyl sites for hydroxylation is 2. The summed E-state index contributed by atoms with van der Waals surface area (Å²) in [6.45, 7) is 11.5. The standard InChI is InChI=1S/C21H28N4O/c1-15(2)13-21(26)25-11-9-24(10-12-25)20-8-7-19(22-23-20)18-6-5-16(3)14-17(18)4/h5-8,14-15H,9-13H2,1-4H3. The van der Waals surface area contributed by atoms with Crippen LogP contribution in [-0.4, -0.2) is 47.2 Å². The third kappa shape index (κ3) is 4.21. The van der Waals surface area contributed by atoms with E-state index in [1.165, 1.54) is 11.1 Å². The van der Waals surface area contributed by atoms with Crippen LogP contribution < -0.4 is 4.90 Å². The van der Waals surface area contributed by atoms with Gasteiger partial charge in [0.15, 0.2) is 5.82 Å². The van der Waals surface area contributed by atoms with Gasteiger partial charge in [-0.2, -0.15) is 0 Å². The van der Waals surface area contributed by atoms with Crippen LogP contribution in [0.25, 0.3) is 11.3 Å². The number of nitrogens with zero attached hydrogens (tertiary/aromatic N) is 4. The molecule has 1 aromatic heterocycles. The number of hydrogen-bond donors (Lipinski definition) is 0. The largest absolute Gasteiger partial charge is 0.352 e. The monoisotopic (exact) mass is 352 g/mol. The third-order valence-corrected chi connectivity index (χ3v) is 4.85. The highest BCUT2D eigenvalue weighted by molar-refractivity contribution is 5.76.